The molecule has 0 radical (unpaired) electrons. The van der Waals surface area contributed by atoms with E-state index in [-0.39, 0.29) is 24.2 Å². The van der Waals surface area contributed by atoms with Crippen molar-refractivity contribution in [2.24, 2.45) is 0 Å². The number of halogens is 4. The first kappa shape index (κ1) is 26.8. The summed E-state index contributed by atoms with van der Waals surface area (Å²) in [5, 5.41) is 0. The van der Waals surface area contributed by atoms with Gasteiger partial charge in [0.15, 0.2) is 0 Å². The van der Waals surface area contributed by atoms with Crippen LogP contribution >= 0.6 is 0 Å². The Balaban J connectivity index is 2.21. The van der Waals surface area contributed by atoms with Crippen molar-refractivity contribution in [2.45, 2.75) is 26.7 Å². The van der Waals surface area contributed by atoms with Gasteiger partial charge in [0.1, 0.15) is 0 Å². The van der Waals surface area contributed by atoms with Crippen molar-refractivity contribution in [1.29, 1.82) is 0 Å². The first-order chi connectivity index (χ1) is 17.5. The predicted octanol–water partition coefficient (Wildman–Crippen LogP) is 5.00. The molecule has 2 aliphatic carbocycles. The summed E-state index contributed by atoms with van der Waals surface area (Å²) in [7, 11) is 2.71. The molecule has 37 heavy (non-hydrogen) atoms. The van der Waals surface area contributed by atoms with Gasteiger partial charge in [-0.1, -0.05) is 0 Å². The molecular formula is C28H26F4N2O2Ti. The maximum absolute atomic E-state index is 16.5. The van der Waals surface area contributed by atoms with E-state index in [1.165, 1.54) is 27.9 Å². The van der Waals surface area contributed by atoms with Crippen LogP contribution in [0, 0.1) is 23.3 Å². The van der Waals surface area contributed by atoms with Crippen molar-refractivity contribution < 1.29 is 43.7 Å². The molecule has 4 rings (SSSR count). The number of carbonyl (C=O) groups is 2. The summed E-state index contributed by atoms with van der Waals surface area (Å²) < 4.78 is 65.1. The zero-order chi connectivity index (χ0) is 27.1. The van der Waals surface area contributed by atoms with E-state index in [0.29, 0.717) is 7.76 Å². The van der Waals surface area contributed by atoms with Crippen molar-refractivity contribution in [2.75, 3.05) is 23.9 Å². The first-order valence-electron chi connectivity index (χ1n) is 11.7. The maximum atomic E-state index is 16.5. The number of anilines is 2. The van der Waals surface area contributed by atoms with Crippen LogP contribution in [0.3, 0.4) is 0 Å². The van der Waals surface area contributed by atoms with Crippen LogP contribution in [-0.4, -0.2) is 25.9 Å². The Morgan fingerprint density at radius 1 is 0.703 bits per heavy atom. The molecule has 0 aliphatic heterocycles. The summed E-state index contributed by atoms with van der Waals surface area (Å²) in [6.45, 7) is 2.48. The Hall–Kier alpha value is -3.23. The van der Waals surface area contributed by atoms with Gasteiger partial charge >= 0.3 is 217 Å². The van der Waals surface area contributed by atoms with E-state index in [1.807, 2.05) is 0 Å². The molecule has 4 nitrogen and oxygen atoms in total. The zero-order valence-electron chi connectivity index (χ0n) is 20.9. The number of allylic oxidation sites excluding steroid dienone is 8. The summed E-state index contributed by atoms with van der Waals surface area (Å²) in [5.74, 6) is -4.91. The van der Waals surface area contributed by atoms with Crippen molar-refractivity contribution in [3.05, 3.63) is 91.7 Å². The predicted molar refractivity (Wildman–Crippen MR) is 134 cm³/mol. The Labute approximate surface area is 216 Å². The first-order valence-corrected chi connectivity index (χ1v) is 14.8. The van der Waals surface area contributed by atoms with Crippen LogP contribution in [0.5, 0.6) is 0 Å². The molecule has 0 saturated heterocycles. The second-order valence-electron chi connectivity index (χ2n) is 9.07. The molecule has 192 valence electrons. The molecule has 2 aromatic carbocycles. The summed E-state index contributed by atoms with van der Waals surface area (Å²) in [4.78, 5) is 26.3. The van der Waals surface area contributed by atoms with E-state index in [2.05, 4.69) is 0 Å². The SMILES string of the molecule is CC(=O)N(C)c1ccc(F)[c]([Ti]([C]2=CC=CC2)([C]2=CC=CC2)[c]2c(F)ccc(N(C)C(C)=O)c2F)c1F. The van der Waals surface area contributed by atoms with Gasteiger partial charge in [-0.05, 0) is 0 Å². The molecular weight excluding hydrogens is 520 g/mol. The summed E-state index contributed by atoms with van der Waals surface area (Å²) >= 11 is -5.04. The van der Waals surface area contributed by atoms with Gasteiger partial charge in [-0.2, -0.15) is 0 Å². The third-order valence-corrected chi connectivity index (χ3v) is 15.0. The fourth-order valence-corrected chi connectivity index (χ4v) is 13.3. The van der Waals surface area contributed by atoms with Crippen molar-refractivity contribution >= 4 is 30.9 Å². The third kappa shape index (κ3) is 4.32. The van der Waals surface area contributed by atoms with Crippen LogP contribution in [0.1, 0.15) is 26.7 Å². The van der Waals surface area contributed by atoms with Gasteiger partial charge in [-0.15, -0.1) is 0 Å². The van der Waals surface area contributed by atoms with E-state index < -0.39 is 59.4 Å². The number of rotatable bonds is 6. The average molecular weight is 546 g/mol. The molecule has 0 fully saturated rings. The molecule has 0 N–H and O–H groups in total. The molecule has 0 bridgehead atoms. The standard InChI is InChI=1S/2C9H8F2NO.2C5H5.Ti/c2*1-6(13)12(2)9-4-3-7(10)5-8(9)11;2*1-2-4-5-3-1;/h2*3-4H,1-2H3;2*1-3H,4H2;. The fraction of sp³-hybridized carbons (Fsp3) is 0.214. The number of hydrogen-bond donors (Lipinski definition) is 0. The number of amides is 2. The topological polar surface area (TPSA) is 40.6 Å². The van der Waals surface area contributed by atoms with Gasteiger partial charge in [0.05, 0.1) is 0 Å². The molecule has 0 unspecified atom stereocenters. The van der Waals surface area contributed by atoms with E-state index >= 15 is 17.6 Å². The zero-order valence-corrected chi connectivity index (χ0v) is 22.5. The molecule has 9 heteroatoms. The minimum absolute atomic E-state index is 0.185. The summed E-state index contributed by atoms with van der Waals surface area (Å²) in [5.41, 5.74) is -0.371. The minimum atomic E-state index is -5.04. The second-order valence-corrected chi connectivity index (χ2v) is 15.0. The number of hydrogen-bond acceptors (Lipinski definition) is 2. The molecule has 2 amide bonds. The molecule has 0 saturated carbocycles. The molecule has 0 spiro atoms. The Bertz CT molecular complexity index is 1320. The van der Waals surface area contributed by atoms with Gasteiger partial charge in [-0.25, -0.2) is 0 Å². The number of benzene rings is 2. The molecule has 0 heterocycles. The van der Waals surface area contributed by atoms with Gasteiger partial charge in [-0.3, -0.25) is 0 Å². The van der Waals surface area contributed by atoms with Crippen LogP contribution in [0.15, 0.2) is 68.5 Å². The molecule has 0 atom stereocenters. The van der Waals surface area contributed by atoms with Crippen LogP contribution < -0.4 is 17.5 Å². The normalized spacial score (nSPS) is 14.6. The summed E-state index contributed by atoms with van der Waals surface area (Å²) in [6.07, 6.45) is 10.9. The van der Waals surface area contributed by atoms with E-state index in [1.54, 1.807) is 36.5 Å². The van der Waals surface area contributed by atoms with Crippen LogP contribution in [0.25, 0.3) is 0 Å². The quantitative estimate of drug-likeness (QED) is 0.378. The summed E-state index contributed by atoms with van der Waals surface area (Å²) in [6, 6.07) is 4.39. The van der Waals surface area contributed by atoms with Gasteiger partial charge in [0.2, 0.25) is 0 Å². The van der Waals surface area contributed by atoms with E-state index in [0.717, 1.165) is 34.1 Å². The average Bonchev–Trinajstić information content (AvgIpc) is 3.57. The van der Waals surface area contributed by atoms with Gasteiger partial charge in [0, 0.05) is 0 Å². The Morgan fingerprint density at radius 3 is 1.38 bits per heavy atom. The fourth-order valence-electron chi connectivity index (χ4n) is 5.05. The van der Waals surface area contributed by atoms with E-state index in [9.17, 15) is 9.59 Å². The van der Waals surface area contributed by atoms with Crippen molar-refractivity contribution in [3.8, 4) is 0 Å². The van der Waals surface area contributed by atoms with Crippen LogP contribution in [0.2, 0.25) is 0 Å². The molecule has 2 aliphatic rings. The van der Waals surface area contributed by atoms with Crippen LogP contribution in [-0.2, 0) is 26.2 Å². The Morgan fingerprint density at radius 2 is 1.08 bits per heavy atom. The monoisotopic (exact) mass is 546 g/mol. The van der Waals surface area contributed by atoms with Crippen LogP contribution in [0.4, 0.5) is 28.9 Å². The third-order valence-electron chi connectivity index (χ3n) is 7.06. The van der Waals surface area contributed by atoms with E-state index in [4.69, 9.17) is 0 Å². The number of carbonyl (C=O) groups excluding carboxylic acids is 2. The number of nitrogens with zero attached hydrogens (tertiary/aromatic N) is 2. The van der Waals surface area contributed by atoms with Gasteiger partial charge in [0.25, 0.3) is 0 Å². The molecule has 2 aromatic rings. The van der Waals surface area contributed by atoms with Crippen molar-refractivity contribution in [1.82, 2.24) is 0 Å². The molecule has 0 aromatic heterocycles. The van der Waals surface area contributed by atoms with Crippen molar-refractivity contribution in [3.63, 3.8) is 0 Å². The Kier molecular flexibility index (Phi) is 7.44. The van der Waals surface area contributed by atoms with Gasteiger partial charge < -0.3 is 0 Å². The second kappa shape index (κ2) is 10.3.